The van der Waals surface area contributed by atoms with Gasteiger partial charge in [0.1, 0.15) is 0 Å². The summed E-state index contributed by atoms with van der Waals surface area (Å²) in [6.07, 6.45) is 8.11. The van der Waals surface area contributed by atoms with Gasteiger partial charge in [0.15, 0.2) is 0 Å². The lowest BCUT2D eigenvalue weighted by atomic mass is 9.75. The Hall–Kier alpha value is -0.820. The summed E-state index contributed by atoms with van der Waals surface area (Å²) < 4.78 is 0. The maximum Gasteiger partial charge on any atom is 0.0328 e. The van der Waals surface area contributed by atoms with Crippen LogP contribution in [0.15, 0.2) is 24.3 Å². The molecule has 3 rings (SSSR count). The van der Waals surface area contributed by atoms with E-state index in [2.05, 4.69) is 38.1 Å². The summed E-state index contributed by atoms with van der Waals surface area (Å²) in [5, 5.41) is 0. The molecule has 2 aliphatic carbocycles. The maximum absolute atomic E-state index is 6.55. The molecule has 1 nitrogen and oxygen atoms in total. The first-order chi connectivity index (χ1) is 9.08. The average Bonchev–Trinajstić information content (AvgIpc) is 2.67. The lowest BCUT2D eigenvalue weighted by Gasteiger charge is -2.32. The Morgan fingerprint density at radius 3 is 2.21 bits per heavy atom. The van der Waals surface area contributed by atoms with Crippen molar-refractivity contribution in [2.75, 3.05) is 0 Å². The lowest BCUT2D eigenvalue weighted by Crippen LogP contribution is -2.29. The molecule has 0 spiro atoms. The van der Waals surface area contributed by atoms with E-state index in [4.69, 9.17) is 5.73 Å². The van der Waals surface area contributed by atoms with E-state index in [0.29, 0.717) is 11.3 Å². The minimum atomic E-state index is 0.216. The summed E-state index contributed by atoms with van der Waals surface area (Å²) in [6, 6.07) is 9.43. The predicted molar refractivity (Wildman–Crippen MR) is 81.1 cm³/mol. The van der Waals surface area contributed by atoms with Crippen LogP contribution in [0, 0.1) is 11.3 Å². The van der Waals surface area contributed by atoms with Crippen LogP contribution < -0.4 is 5.73 Å². The van der Waals surface area contributed by atoms with Gasteiger partial charge in [-0.1, -0.05) is 51.0 Å². The van der Waals surface area contributed by atoms with Crippen molar-refractivity contribution in [3.05, 3.63) is 35.4 Å². The molecule has 0 amide bonds. The van der Waals surface area contributed by atoms with Crippen molar-refractivity contribution >= 4 is 0 Å². The number of hydrogen-bond donors (Lipinski definition) is 1. The van der Waals surface area contributed by atoms with E-state index in [1.807, 2.05) is 0 Å². The fraction of sp³-hybridized carbons (Fsp3) is 0.667. The average molecular weight is 257 g/mol. The molecule has 2 fully saturated rings. The van der Waals surface area contributed by atoms with E-state index < -0.39 is 0 Å². The highest BCUT2D eigenvalue weighted by atomic mass is 14.7. The zero-order chi connectivity index (χ0) is 13.5. The van der Waals surface area contributed by atoms with Crippen LogP contribution >= 0.6 is 0 Å². The van der Waals surface area contributed by atoms with Crippen LogP contribution in [0.3, 0.4) is 0 Å². The highest BCUT2D eigenvalue weighted by Gasteiger charge is 2.38. The van der Waals surface area contributed by atoms with Crippen molar-refractivity contribution in [1.29, 1.82) is 0 Å². The van der Waals surface area contributed by atoms with E-state index in [-0.39, 0.29) is 6.04 Å². The van der Waals surface area contributed by atoms with Gasteiger partial charge in [-0.15, -0.1) is 0 Å². The van der Waals surface area contributed by atoms with E-state index >= 15 is 0 Å². The Kier molecular flexibility index (Phi) is 3.42. The van der Waals surface area contributed by atoms with Crippen molar-refractivity contribution in [2.45, 2.75) is 64.3 Å². The molecule has 1 heteroatoms. The fourth-order valence-corrected chi connectivity index (χ4v) is 3.98. The molecule has 2 unspecified atom stereocenters. The number of hydrogen-bond acceptors (Lipinski definition) is 1. The Balaban J connectivity index is 1.74. The molecule has 0 heterocycles. The summed E-state index contributed by atoms with van der Waals surface area (Å²) in [4.78, 5) is 0. The van der Waals surface area contributed by atoms with Gasteiger partial charge in [0, 0.05) is 6.04 Å². The quantitative estimate of drug-likeness (QED) is 0.828. The van der Waals surface area contributed by atoms with Crippen LogP contribution in [0.1, 0.15) is 75.5 Å². The van der Waals surface area contributed by atoms with Gasteiger partial charge in [0.25, 0.3) is 0 Å². The van der Waals surface area contributed by atoms with E-state index in [0.717, 1.165) is 5.92 Å². The molecule has 19 heavy (non-hydrogen) atoms. The van der Waals surface area contributed by atoms with Gasteiger partial charge >= 0.3 is 0 Å². The first-order valence-electron chi connectivity index (χ1n) is 7.93. The smallest absolute Gasteiger partial charge is 0.0328 e. The van der Waals surface area contributed by atoms with Gasteiger partial charge in [-0.2, -0.15) is 0 Å². The van der Waals surface area contributed by atoms with Crippen molar-refractivity contribution in [3.8, 4) is 0 Å². The van der Waals surface area contributed by atoms with Crippen molar-refractivity contribution < 1.29 is 0 Å². The van der Waals surface area contributed by atoms with Crippen LogP contribution in [0.2, 0.25) is 0 Å². The molecule has 0 aliphatic heterocycles. The summed E-state index contributed by atoms with van der Waals surface area (Å²) in [7, 11) is 0. The van der Waals surface area contributed by atoms with Crippen LogP contribution in [0.25, 0.3) is 0 Å². The monoisotopic (exact) mass is 257 g/mol. The van der Waals surface area contributed by atoms with Crippen molar-refractivity contribution in [1.82, 2.24) is 0 Å². The third-order valence-corrected chi connectivity index (χ3v) is 5.67. The van der Waals surface area contributed by atoms with Gasteiger partial charge < -0.3 is 5.73 Å². The van der Waals surface area contributed by atoms with E-state index in [9.17, 15) is 0 Å². The molecular weight excluding hydrogens is 230 g/mol. The van der Waals surface area contributed by atoms with Crippen LogP contribution in [-0.4, -0.2) is 0 Å². The minimum Gasteiger partial charge on any atom is -0.324 e. The maximum atomic E-state index is 6.55. The zero-order valence-corrected chi connectivity index (χ0v) is 12.4. The molecule has 0 saturated heterocycles. The summed E-state index contributed by atoms with van der Waals surface area (Å²) in [6.45, 7) is 4.76. The topological polar surface area (TPSA) is 26.0 Å². The molecule has 0 aromatic heterocycles. The van der Waals surface area contributed by atoms with Crippen molar-refractivity contribution in [3.63, 3.8) is 0 Å². The first kappa shape index (κ1) is 13.2. The predicted octanol–water partition coefficient (Wildman–Crippen LogP) is 4.78. The second kappa shape index (κ2) is 4.94. The second-order valence-electron chi connectivity index (χ2n) is 7.31. The highest BCUT2D eigenvalue weighted by Crippen LogP contribution is 2.48. The third kappa shape index (κ3) is 2.45. The molecule has 104 valence electrons. The number of rotatable bonds is 3. The summed E-state index contributed by atoms with van der Waals surface area (Å²) >= 11 is 0. The van der Waals surface area contributed by atoms with Crippen LogP contribution in [0.5, 0.6) is 0 Å². The van der Waals surface area contributed by atoms with Crippen molar-refractivity contribution in [2.24, 2.45) is 17.1 Å². The Labute approximate surface area is 117 Å². The van der Waals surface area contributed by atoms with Crippen LogP contribution in [0.4, 0.5) is 0 Å². The summed E-state index contributed by atoms with van der Waals surface area (Å²) in [5.41, 5.74) is 9.81. The number of benzene rings is 1. The Morgan fingerprint density at radius 1 is 1.05 bits per heavy atom. The van der Waals surface area contributed by atoms with Gasteiger partial charge in [0.2, 0.25) is 0 Å². The third-order valence-electron chi connectivity index (χ3n) is 5.67. The molecule has 1 aromatic rings. The Bertz CT molecular complexity index is 428. The fourth-order valence-electron chi connectivity index (χ4n) is 3.98. The molecule has 0 radical (unpaired) electrons. The summed E-state index contributed by atoms with van der Waals surface area (Å²) in [5.74, 6) is 1.47. The first-order valence-corrected chi connectivity index (χ1v) is 7.93. The van der Waals surface area contributed by atoms with Gasteiger partial charge in [0.05, 0.1) is 0 Å². The highest BCUT2D eigenvalue weighted by molar-refractivity contribution is 5.29. The SMILES string of the molecule is CC1(C)CCCC1C(N)c1ccc(C2CCC2)cc1. The molecule has 2 aliphatic rings. The Morgan fingerprint density at radius 2 is 1.74 bits per heavy atom. The largest absolute Gasteiger partial charge is 0.324 e. The van der Waals surface area contributed by atoms with Crippen LogP contribution in [-0.2, 0) is 0 Å². The molecule has 1 aromatic carbocycles. The van der Waals surface area contributed by atoms with E-state index in [1.165, 1.54) is 49.7 Å². The number of nitrogens with two attached hydrogens (primary N) is 1. The van der Waals surface area contributed by atoms with Gasteiger partial charge in [-0.25, -0.2) is 0 Å². The minimum absolute atomic E-state index is 0.216. The van der Waals surface area contributed by atoms with Gasteiger partial charge in [-0.3, -0.25) is 0 Å². The second-order valence-corrected chi connectivity index (χ2v) is 7.31. The molecule has 0 bridgehead atoms. The molecular formula is C18H27N. The molecule has 2 N–H and O–H groups in total. The standard InChI is InChI=1S/C18H27N/c1-18(2)12-4-7-16(18)17(19)15-10-8-14(9-11-15)13-5-3-6-13/h8-11,13,16-17H,3-7,12,19H2,1-2H3. The zero-order valence-electron chi connectivity index (χ0n) is 12.4. The molecule has 2 atom stereocenters. The molecule has 2 saturated carbocycles. The normalized spacial score (nSPS) is 28.1. The lowest BCUT2D eigenvalue weighted by molar-refractivity contribution is 0.222. The van der Waals surface area contributed by atoms with E-state index in [1.54, 1.807) is 0 Å². The van der Waals surface area contributed by atoms with Gasteiger partial charge in [-0.05, 0) is 54.1 Å².